The van der Waals surface area contributed by atoms with Crippen LogP contribution >= 0.6 is 0 Å². The van der Waals surface area contributed by atoms with Crippen LogP contribution in [0, 0.1) is 5.92 Å². The normalized spacial score (nSPS) is 19.6. The molecule has 0 aliphatic carbocycles. The molecule has 1 fully saturated rings. The quantitative estimate of drug-likeness (QED) is 0.881. The number of carbonyl (C=O) groups is 1. The molecule has 5 nitrogen and oxygen atoms in total. The molecule has 1 aliphatic heterocycles. The van der Waals surface area contributed by atoms with Crippen molar-refractivity contribution in [2.24, 2.45) is 5.92 Å². The molecule has 6 heteroatoms. The lowest BCUT2D eigenvalue weighted by molar-refractivity contribution is -0.120. The molecule has 1 atom stereocenters. The smallest absolute Gasteiger partial charge is 0.228 e. The summed E-state index contributed by atoms with van der Waals surface area (Å²) in [4.78, 5) is 12.3. The molecule has 1 aliphatic rings. The predicted molar refractivity (Wildman–Crippen MR) is 78.4 cm³/mol. The summed E-state index contributed by atoms with van der Waals surface area (Å²) in [6.07, 6.45) is 1.90. The molecule has 110 valence electrons. The summed E-state index contributed by atoms with van der Waals surface area (Å²) >= 11 is 0. The largest absolute Gasteiger partial charge is 0.326 e. The fourth-order valence-corrected chi connectivity index (χ4v) is 3.12. The number of piperidine rings is 1. The maximum absolute atomic E-state index is 12.0. The van der Waals surface area contributed by atoms with Crippen molar-refractivity contribution in [3.05, 3.63) is 24.3 Å². The highest BCUT2D eigenvalue weighted by Crippen LogP contribution is 2.17. The Morgan fingerprint density at radius 3 is 2.60 bits per heavy atom. The number of rotatable bonds is 4. The second-order valence-electron chi connectivity index (χ2n) is 4.96. The van der Waals surface area contributed by atoms with Crippen molar-refractivity contribution in [1.29, 1.82) is 0 Å². The van der Waals surface area contributed by atoms with Crippen molar-refractivity contribution >= 4 is 21.4 Å². The second-order valence-corrected chi connectivity index (χ2v) is 7.24. The van der Waals surface area contributed by atoms with Crippen LogP contribution in [0.1, 0.15) is 19.8 Å². The SMILES string of the molecule is CCS(=O)(=O)c1ccc(NC(=O)C2CCCNC2)cc1. The predicted octanol–water partition coefficient (Wildman–Crippen LogP) is 1.42. The highest BCUT2D eigenvalue weighted by molar-refractivity contribution is 7.91. The third-order valence-electron chi connectivity index (χ3n) is 3.53. The molecule has 1 aromatic rings. The van der Waals surface area contributed by atoms with E-state index in [1.54, 1.807) is 19.1 Å². The van der Waals surface area contributed by atoms with Crippen LogP contribution in [0.3, 0.4) is 0 Å². The van der Waals surface area contributed by atoms with Gasteiger partial charge in [-0.15, -0.1) is 0 Å². The van der Waals surface area contributed by atoms with Gasteiger partial charge in [-0.3, -0.25) is 4.79 Å². The zero-order valence-electron chi connectivity index (χ0n) is 11.6. The third-order valence-corrected chi connectivity index (χ3v) is 5.28. The number of hydrogen-bond donors (Lipinski definition) is 2. The first-order valence-corrected chi connectivity index (χ1v) is 8.52. The summed E-state index contributed by atoms with van der Waals surface area (Å²) < 4.78 is 23.4. The number of amides is 1. The van der Waals surface area contributed by atoms with Gasteiger partial charge in [-0.05, 0) is 43.7 Å². The molecule has 0 aromatic heterocycles. The first-order chi connectivity index (χ1) is 9.53. The van der Waals surface area contributed by atoms with E-state index in [2.05, 4.69) is 10.6 Å². The number of nitrogens with one attached hydrogen (secondary N) is 2. The minimum Gasteiger partial charge on any atom is -0.326 e. The molecule has 0 saturated carbocycles. The average Bonchev–Trinajstić information content (AvgIpc) is 2.48. The molecular formula is C14H20N2O3S. The summed E-state index contributed by atoms with van der Waals surface area (Å²) in [5.41, 5.74) is 0.635. The molecule has 0 radical (unpaired) electrons. The topological polar surface area (TPSA) is 75.3 Å². The average molecular weight is 296 g/mol. The summed E-state index contributed by atoms with van der Waals surface area (Å²) in [5, 5.41) is 6.03. The Hall–Kier alpha value is -1.40. The summed E-state index contributed by atoms with van der Waals surface area (Å²) in [6, 6.07) is 6.34. The number of anilines is 1. The van der Waals surface area contributed by atoms with E-state index in [0.29, 0.717) is 12.2 Å². The zero-order chi connectivity index (χ0) is 14.6. The Kier molecular flexibility index (Phi) is 4.77. The monoisotopic (exact) mass is 296 g/mol. The second kappa shape index (κ2) is 6.37. The van der Waals surface area contributed by atoms with Crippen LogP contribution in [-0.4, -0.2) is 33.2 Å². The number of carbonyl (C=O) groups excluding carboxylic acids is 1. The first-order valence-electron chi connectivity index (χ1n) is 6.87. The minimum absolute atomic E-state index is 0.0108. The summed E-state index contributed by atoms with van der Waals surface area (Å²) in [7, 11) is -3.19. The zero-order valence-corrected chi connectivity index (χ0v) is 12.4. The molecule has 1 saturated heterocycles. The Labute approximate surface area is 119 Å². The van der Waals surface area contributed by atoms with Crippen molar-refractivity contribution in [3.8, 4) is 0 Å². The Balaban J connectivity index is 2.02. The van der Waals surface area contributed by atoms with Crippen LogP contribution < -0.4 is 10.6 Å². The molecule has 1 aromatic carbocycles. The van der Waals surface area contributed by atoms with E-state index >= 15 is 0 Å². The maximum Gasteiger partial charge on any atom is 0.228 e. The van der Waals surface area contributed by atoms with Gasteiger partial charge in [0.25, 0.3) is 0 Å². The standard InChI is InChI=1S/C14H20N2O3S/c1-2-20(18,19)13-7-5-12(6-8-13)16-14(17)11-4-3-9-15-10-11/h5-8,11,15H,2-4,9-10H2,1H3,(H,16,17). The van der Waals surface area contributed by atoms with Crippen molar-refractivity contribution in [2.75, 3.05) is 24.2 Å². The van der Waals surface area contributed by atoms with Crippen molar-refractivity contribution in [3.63, 3.8) is 0 Å². The molecule has 20 heavy (non-hydrogen) atoms. The molecule has 1 unspecified atom stereocenters. The van der Waals surface area contributed by atoms with Gasteiger partial charge in [0.15, 0.2) is 9.84 Å². The number of hydrogen-bond acceptors (Lipinski definition) is 4. The van der Waals surface area contributed by atoms with Crippen molar-refractivity contribution in [2.45, 2.75) is 24.7 Å². The van der Waals surface area contributed by atoms with Gasteiger partial charge in [-0.25, -0.2) is 8.42 Å². The Morgan fingerprint density at radius 2 is 2.05 bits per heavy atom. The molecule has 1 amide bonds. The molecule has 0 spiro atoms. The van der Waals surface area contributed by atoms with Crippen molar-refractivity contribution < 1.29 is 13.2 Å². The van der Waals surface area contributed by atoms with Gasteiger partial charge in [-0.2, -0.15) is 0 Å². The van der Waals surface area contributed by atoms with Crippen LogP contribution in [-0.2, 0) is 14.6 Å². The summed E-state index contributed by atoms with van der Waals surface area (Å²) in [6.45, 7) is 3.28. The maximum atomic E-state index is 12.0. The van der Waals surface area contributed by atoms with E-state index < -0.39 is 9.84 Å². The van der Waals surface area contributed by atoms with E-state index in [1.807, 2.05) is 0 Å². The van der Waals surface area contributed by atoms with E-state index in [9.17, 15) is 13.2 Å². The summed E-state index contributed by atoms with van der Waals surface area (Å²) in [5.74, 6) is 0.0537. The molecule has 2 N–H and O–H groups in total. The highest BCUT2D eigenvalue weighted by Gasteiger charge is 2.21. The van der Waals surface area contributed by atoms with Gasteiger partial charge < -0.3 is 10.6 Å². The molecule has 0 bridgehead atoms. The molecule has 1 heterocycles. The van der Waals surface area contributed by atoms with Gasteiger partial charge >= 0.3 is 0 Å². The van der Waals surface area contributed by atoms with E-state index in [0.717, 1.165) is 19.4 Å². The third kappa shape index (κ3) is 3.58. The number of benzene rings is 1. The minimum atomic E-state index is -3.19. The van der Waals surface area contributed by atoms with Crippen LogP contribution in [0.2, 0.25) is 0 Å². The highest BCUT2D eigenvalue weighted by atomic mass is 32.2. The van der Waals surface area contributed by atoms with Crippen LogP contribution in [0.4, 0.5) is 5.69 Å². The van der Waals surface area contributed by atoms with E-state index in [4.69, 9.17) is 0 Å². The van der Waals surface area contributed by atoms with Gasteiger partial charge in [0.05, 0.1) is 16.6 Å². The lowest BCUT2D eigenvalue weighted by atomic mass is 9.99. The number of sulfone groups is 1. The van der Waals surface area contributed by atoms with Gasteiger partial charge in [-0.1, -0.05) is 6.92 Å². The van der Waals surface area contributed by atoms with Gasteiger partial charge in [0.2, 0.25) is 5.91 Å². The lowest BCUT2D eigenvalue weighted by Gasteiger charge is -2.21. The van der Waals surface area contributed by atoms with Crippen molar-refractivity contribution in [1.82, 2.24) is 5.32 Å². The Bertz CT molecular complexity index is 561. The van der Waals surface area contributed by atoms with Gasteiger partial charge in [0.1, 0.15) is 0 Å². The molecule has 2 rings (SSSR count). The molecular weight excluding hydrogens is 276 g/mol. The van der Waals surface area contributed by atoms with E-state index in [-0.39, 0.29) is 22.5 Å². The first kappa shape index (κ1) is 15.0. The lowest BCUT2D eigenvalue weighted by Crippen LogP contribution is -2.37. The fourth-order valence-electron chi connectivity index (χ4n) is 2.23. The fraction of sp³-hybridized carbons (Fsp3) is 0.500. The van der Waals surface area contributed by atoms with Crippen LogP contribution in [0.15, 0.2) is 29.2 Å². The van der Waals surface area contributed by atoms with Crippen LogP contribution in [0.25, 0.3) is 0 Å². The van der Waals surface area contributed by atoms with Gasteiger partial charge in [0, 0.05) is 12.2 Å². The van der Waals surface area contributed by atoms with E-state index in [1.165, 1.54) is 12.1 Å². The van der Waals surface area contributed by atoms with Crippen LogP contribution in [0.5, 0.6) is 0 Å². The Morgan fingerprint density at radius 1 is 1.35 bits per heavy atom.